The van der Waals surface area contributed by atoms with E-state index in [2.05, 4.69) is 36.2 Å². The molecule has 0 bridgehead atoms. The lowest BCUT2D eigenvalue weighted by Crippen LogP contribution is -2.21. The van der Waals surface area contributed by atoms with Crippen LogP contribution in [0.25, 0.3) is 0 Å². The highest BCUT2D eigenvalue weighted by Crippen LogP contribution is 2.32. The smallest absolute Gasteiger partial charge is 0.154 e. The second-order valence-electron chi connectivity index (χ2n) is 3.88. The Labute approximate surface area is 110 Å². The molecule has 0 fully saturated rings. The first-order valence-electron chi connectivity index (χ1n) is 5.70. The normalized spacial score (nSPS) is 12.6. The SMILES string of the molecule is CCC(N)Cc1ccccc1Sc1nccs1. The topological polar surface area (TPSA) is 38.9 Å². The minimum absolute atomic E-state index is 0.244. The highest BCUT2D eigenvalue weighted by molar-refractivity contribution is 8.01. The quantitative estimate of drug-likeness (QED) is 0.897. The van der Waals surface area contributed by atoms with Crippen LogP contribution in [0, 0.1) is 0 Å². The van der Waals surface area contributed by atoms with Gasteiger partial charge in [0.05, 0.1) is 0 Å². The maximum Gasteiger partial charge on any atom is 0.154 e. The van der Waals surface area contributed by atoms with Crippen molar-refractivity contribution in [3.05, 3.63) is 41.4 Å². The second-order valence-corrected chi connectivity index (χ2v) is 6.06. The summed E-state index contributed by atoms with van der Waals surface area (Å²) in [6, 6.07) is 8.68. The fourth-order valence-corrected chi connectivity index (χ4v) is 3.27. The Hall–Kier alpha value is -0.840. The van der Waals surface area contributed by atoms with Crippen LogP contribution in [-0.2, 0) is 6.42 Å². The van der Waals surface area contributed by atoms with Gasteiger partial charge in [0.15, 0.2) is 4.34 Å². The summed E-state index contributed by atoms with van der Waals surface area (Å²) in [4.78, 5) is 5.57. The molecule has 1 aromatic heterocycles. The van der Waals surface area contributed by atoms with Crippen molar-refractivity contribution in [3.63, 3.8) is 0 Å². The van der Waals surface area contributed by atoms with Gasteiger partial charge in [-0.15, -0.1) is 11.3 Å². The zero-order chi connectivity index (χ0) is 12.1. The van der Waals surface area contributed by atoms with Crippen molar-refractivity contribution >= 4 is 23.1 Å². The summed E-state index contributed by atoms with van der Waals surface area (Å²) in [6.45, 7) is 2.13. The third kappa shape index (κ3) is 3.56. The maximum absolute atomic E-state index is 6.02. The third-order valence-electron chi connectivity index (χ3n) is 2.59. The summed E-state index contributed by atoms with van der Waals surface area (Å²) < 4.78 is 1.09. The van der Waals surface area contributed by atoms with Crippen LogP contribution >= 0.6 is 23.1 Å². The van der Waals surface area contributed by atoms with E-state index in [0.29, 0.717) is 0 Å². The lowest BCUT2D eigenvalue weighted by atomic mass is 10.1. The average molecular weight is 264 g/mol. The molecule has 0 saturated carbocycles. The summed E-state index contributed by atoms with van der Waals surface area (Å²) in [6.07, 6.45) is 3.79. The molecule has 1 aromatic carbocycles. The Kier molecular flexibility index (Phi) is 4.59. The van der Waals surface area contributed by atoms with E-state index in [4.69, 9.17) is 5.73 Å². The molecule has 0 aliphatic heterocycles. The monoisotopic (exact) mass is 264 g/mol. The van der Waals surface area contributed by atoms with Gasteiger partial charge in [-0.2, -0.15) is 0 Å². The predicted octanol–water partition coefficient (Wildman–Crippen LogP) is 3.57. The Morgan fingerprint density at radius 1 is 1.41 bits per heavy atom. The molecule has 2 nitrogen and oxygen atoms in total. The standard InChI is InChI=1S/C13H16N2S2/c1-2-11(14)9-10-5-3-4-6-12(10)17-13-15-7-8-16-13/h3-8,11H,2,9,14H2,1H3. The molecule has 2 aromatic rings. The van der Waals surface area contributed by atoms with Crippen LogP contribution in [0.3, 0.4) is 0 Å². The van der Waals surface area contributed by atoms with E-state index in [9.17, 15) is 0 Å². The van der Waals surface area contributed by atoms with Crippen molar-refractivity contribution in [2.24, 2.45) is 5.73 Å². The van der Waals surface area contributed by atoms with E-state index >= 15 is 0 Å². The minimum atomic E-state index is 0.244. The number of aromatic nitrogens is 1. The highest BCUT2D eigenvalue weighted by Gasteiger charge is 2.08. The van der Waals surface area contributed by atoms with E-state index in [1.165, 1.54) is 10.5 Å². The van der Waals surface area contributed by atoms with Crippen molar-refractivity contribution in [1.82, 2.24) is 4.98 Å². The van der Waals surface area contributed by atoms with Gasteiger partial charge >= 0.3 is 0 Å². The van der Waals surface area contributed by atoms with Gasteiger partial charge in [-0.25, -0.2) is 4.98 Å². The predicted molar refractivity (Wildman–Crippen MR) is 74.6 cm³/mol. The van der Waals surface area contributed by atoms with E-state index in [1.54, 1.807) is 23.1 Å². The van der Waals surface area contributed by atoms with Gasteiger partial charge in [0.1, 0.15) is 0 Å². The zero-order valence-corrected chi connectivity index (χ0v) is 11.4. The maximum atomic E-state index is 6.02. The largest absolute Gasteiger partial charge is 0.327 e. The number of thiazole rings is 1. The number of benzene rings is 1. The molecule has 1 unspecified atom stereocenters. The number of hydrogen-bond donors (Lipinski definition) is 1. The second kappa shape index (κ2) is 6.19. The minimum Gasteiger partial charge on any atom is -0.327 e. The summed E-state index contributed by atoms with van der Waals surface area (Å²) >= 11 is 3.40. The van der Waals surface area contributed by atoms with Gasteiger partial charge in [0.25, 0.3) is 0 Å². The Balaban J connectivity index is 2.15. The molecular weight excluding hydrogens is 248 g/mol. The van der Waals surface area contributed by atoms with E-state index in [1.807, 2.05) is 11.6 Å². The molecule has 2 rings (SSSR count). The number of rotatable bonds is 5. The number of nitrogens with zero attached hydrogens (tertiary/aromatic N) is 1. The van der Waals surface area contributed by atoms with E-state index in [0.717, 1.165) is 17.2 Å². The molecule has 4 heteroatoms. The van der Waals surface area contributed by atoms with Crippen LogP contribution in [0.5, 0.6) is 0 Å². The van der Waals surface area contributed by atoms with E-state index < -0.39 is 0 Å². The van der Waals surface area contributed by atoms with Gasteiger partial charge in [-0.3, -0.25) is 0 Å². The van der Waals surface area contributed by atoms with Gasteiger partial charge in [-0.1, -0.05) is 36.9 Å². The molecule has 0 saturated heterocycles. The van der Waals surface area contributed by atoms with Crippen molar-refractivity contribution in [2.45, 2.75) is 35.0 Å². The fourth-order valence-electron chi connectivity index (χ4n) is 1.55. The first-order chi connectivity index (χ1) is 8.29. The number of hydrogen-bond acceptors (Lipinski definition) is 4. The van der Waals surface area contributed by atoms with Gasteiger partial charge < -0.3 is 5.73 Å². The van der Waals surface area contributed by atoms with Crippen LogP contribution in [0.1, 0.15) is 18.9 Å². The molecule has 1 heterocycles. The zero-order valence-electron chi connectivity index (χ0n) is 9.80. The van der Waals surface area contributed by atoms with Crippen LogP contribution < -0.4 is 5.73 Å². The fraction of sp³-hybridized carbons (Fsp3) is 0.308. The Morgan fingerprint density at radius 3 is 2.94 bits per heavy atom. The molecule has 0 radical (unpaired) electrons. The molecule has 0 spiro atoms. The van der Waals surface area contributed by atoms with Gasteiger partial charge in [0, 0.05) is 22.5 Å². The molecule has 90 valence electrons. The van der Waals surface area contributed by atoms with Gasteiger partial charge in [-0.05, 0) is 24.5 Å². The summed E-state index contributed by atoms with van der Waals surface area (Å²) in [5, 5.41) is 2.00. The highest BCUT2D eigenvalue weighted by atomic mass is 32.2. The van der Waals surface area contributed by atoms with Crippen molar-refractivity contribution in [3.8, 4) is 0 Å². The van der Waals surface area contributed by atoms with E-state index in [-0.39, 0.29) is 6.04 Å². The molecule has 2 N–H and O–H groups in total. The lowest BCUT2D eigenvalue weighted by Gasteiger charge is -2.12. The van der Waals surface area contributed by atoms with Crippen LogP contribution in [0.2, 0.25) is 0 Å². The van der Waals surface area contributed by atoms with Gasteiger partial charge in [0.2, 0.25) is 0 Å². The van der Waals surface area contributed by atoms with Crippen molar-refractivity contribution in [1.29, 1.82) is 0 Å². The summed E-state index contributed by atoms with van der Waals surface area (Å²) in [7, 11) is 0. The first kappa shape index (κ1) is 12.6. The molecule has 1 atom stereocenters. The molecule has 0 aliphatic carbocycles. The molecule has 0 amide bonds. The number of nitrogens with two attached hydrogens (primary N) is 1. The molecule has 17 heavy (non-hydrogen) atoms. The van der Waals surface area contributed by atoms with Crippen molar-refractivity contribution in [2.75, 3.05) is 0 Å². The summed E-state index contributed by atoms with van der Waals surface area (Å²) in [5.41, 5.74) is 7.35. The summed E-state index contributed by atoms with van der Waals surface area (Å²) in [5.74, 6) is 0. The van der Waals surface area contributed by atoms with Crippen LogP contribution in [0.4, 0.5) is 0 Å². The lowest BCUT2D eigenvalue weighted by molar-refractivity contribution is 0.641. The van der Waals surface area contributed by atoms with Crippen LogP contribution in [-0.4, -0.2) is 11.0 Å². The third-order valence-corrected chi connectivity index (χ3v) is 4.59. The average Bonchev–Trinajstić information content (AvgIpc) is 2.84. The first-order valence-corrected chi connectivity index (χ1v) is 7.40. The Morgan fingerprint density at radius 2 is 2.24 bits per heavy atom. The molecule has 0 aliphatic rings. The van der Waals surface area contributed by atoms with Crippen molar-refractivity contribution < 1.29 is 0 Å². The Bertz CT molecular complexity index is 454. The van der Waals surface area contributed by atoms with Crippen LogP contribution in [0.15, 0.2) is 45.1 Å². The molecular formula is C13H16N2S2.